The van der Waals surface area contributed by atoms with Crippen LogP contribution in [0.2, 0.25) is 0 Å². The highest BCUT2D eigenvalue weighted by Gasteiger charge is 2.21. The van der Waals surface area contributed by atoms with Crippen LogP contribution in [0, 0.1) is 0 Å². The summed E-state index contributed by atoms with van der Waals surface area (Å²) in [5.41, 5.74) is 5.23. The number of hydrogen-bond donors (Lipinski definition) is 0. The molecule has 0 radical (unpaired) electrons. The highest BCUT2D eigenvalue weighted by Crippen LogP contribution is 2.22. The van der Waals surface area contributed by atoms with E-state index in [0.717, 1.165) is 19.5 Å². The molecule has 4 aromatic rings. The number of fused-ring (bicyclic) bond motifs is 1. The van der Waals surface area contributed by atoms with Crippen LogP contribution in [-0.2, 0) is 13.0 Å². The van der Waals surface area contributed by atoms with E-state index in [4.69, 9.17) is 0 Å². The van der Waals surface area contributed by atoms with Crippen molar-refractivity contribution < 1.29 is 0 Å². The van der Waals surface area contributed by atoms with Crippen molar-refractivity contribution in [2.75, 3.05) is 6.54 Å². The molecule has 29 heavy (non-hydrogen) atoms. The van der Waals surface area contributed by atoms with E-state index in [1.807, 2.05) is 6.34 Å². The van der Waals surface area contributed by atoms with Gasteiger partial charge in [0.1, 0.15) is 0 Å². The number of nitrogens with zero attached hydrogens (tertiary/aromatic N) is 2. The van der Waals surface area contributed by atoms with E-state index in [0.29, 0.717) is 6.04 Å². The number of benzene rings is 4. The van der Waals surface area contributed by atoms with Crippen molar-refractivity contribution in [2.24, 2.45) is 4.99 Å². The Labute approximate surface area is 172 Å². The number of hydrogen-bond acceptors (Lipinski definition) is 2. The maximum atomic E-state index is 4.57. The first-order valence-electron chi connectivity index (χ1n) is 10.2. The molecule has 0 saturated heterocycles. The van der Waals surface area contributed by atoms with Crippen LogP contribution in [0.4, 0.5) is 0 Å². The second kappa shape index (κ2) is 7.92. The van der Waals surface area contributed by atoms with Gasteiger partial charge in [0.15, 0.2) is 0 Å². The van der Waals surface area contributed by atoms with Crippen molar-refractivity contribution in [2.45, 2.75) is 19.0 Å². The zero-order valence-electron chi connectivity index (χ0n) is 16.4. The van der Waals surface area contributed by atoms with E-state index in [2.05, 4.69) is 107 Å². The first-order valence-corrected chi connectivity index (χ1v) is 10.2. The smallest absolute Gasteiger partial charge is 0.0857 e. The molecule has 0 fully saturated rings. The molecular weight excluding hydrogens is 352 g/mol. The van der Waals surface area contributed by atoms with E-state index >= 15 is 0 Å². The van der Waals surface area contributed by atoms with Crippen LogP contribution in [0.15, 0.2) is 102 Å². The van der Waals surface area contributed by atoms with Crippen LogP contribution in [0.25, 0.3) is 21.9 Å². The fraction of sp³-hybridized carbons (Fsp3) is 0.148. The molecule has 0 bridgehead atoms. The summed E-state index contributed by atoms with van der Waals surface area (Å²) in [6, 6.07) is 35.2. The lowest BCUT2D eigenvalue weighted by Crippen LogP contribution is -2.32. The first-order chi connectivity index (χ1) is 14.3. The molecule has 0 N–H and O–H groups in total. The van der Waals surface area contributed by atoms with Gasteiger partial charge in [-0.2, -0.15) is 0 Å². The third-order valence-corrected chi connectivity index (χ3v) is 5.73. The Kier molecular flexibility index (Phi) is 4.83. The molecule has 2 nitrogen and oxygen atoms in total. The minimum Gasteiger partial charge on any atom is -0.353 e. The molecule has 1 aliphatic rings. The predicted octanol–water partition coefficient (Wildman–Crippen LogP) is 5.96. The van der Waals surface area contributed by atoms with Gasteiger partial charge < -0.3 is 4.90 Å². The van der Waals surface area contributed by atoms with E-state index < -0.39 is 0 Å². The molecule has 1 atom stereocenters. The zero-order valence-corrected chi connectivity index (χ0v) is 16.4. The van der Waals surface area contributed by atoms with Gasteiger partial charge in [-0.25, -0.2) is 0 Å². The van der Waals surface area contributed by atoms with Gasteiger partial charge in [0, 0.05) is 6.54 Å². The highest BCUT2D eigenvalue weighted by atomic mass is 15.2. The third kappa shape index (κ3) is 3.93. The Bertz CT molecular complexity index is 1130. The maximum Gasteiger partial charge on any atom is 0.0857 e. The summed E-state index contributed by atoms with van der Waals surface area (Å²) >= 11 is 0. The molecule has 142 valence electrons. The van der Waals surface area contributed by atoms with Gasteiger partial charge >= 0.3 is 0 Å². The standard InChI is InChI=1S/C27H24N2/c1-2-6-23(7-3-1)25-13-10-21(11-14-25)17-27-18-28-20-29(27)19-22-12-15-24-8-4-5-9-26(24)16-22/h1-16,20,27H,17-19H2. The van der Waals surface area contributed by atoms with Crippen molar-refractivity contribution in [3.05, 3.63) is 108 Å². The quantitative estimate of drug-likeness (QED) is 0.419. The number of rotatable bonds is 5. The molecule has 1 unspecified atom stereocenters. The van der Waals surface area contributed by atoms with Crippen LogP contribution < -0.4 is 0 Å². The summed E-state index contributed by atoms with van der Waals surface area (Å²) in [6.45, 7) is 1.77. The normalized spacial score (nSPS) is 15.9. The largest absolute Gasteiger partial charge is 0.353 e. The average Bonchev–Trinajstić information content (AvgIpc) is 3.21. The van der Waals surface area contributed by atoms with Crippen molar-refractivity contribution in [3.63, 3.8) is 0 Å². The van der Waals surface area contributed by atoms with E-state index in [9.17, 15) is 0 Å². The van der Waals surface area contributed by atoms with Crippen LogP contribution in [0.5, 0.6) is 0 Å². The zero-order chi connectivity index (χ0) is 19.5. The van der Waals surface area contributed by atoms with Crippen molar-refractivity contribution in [1.82, 2.24) is 4.90 Å². The lowest BCUT2D eigenvalue weighted by atomic mass is 10.00. The Morgan fingerprint density at radius 2 is 1.38 bits per heavy atom. The molecule has 1 heterocycles. The second-order valence-electron chi connectivity index (χ2n) is 7.76. The predicted molar refractivity (Wildman–Crippen MR) is 122 cm³/mol. The van der Waals surface area contributed by atoms with Crippen LogP contribution in [-0.4, -0.2) is 23.8 Å². The second-order valence-corrected chi connectivity index (χ2v) is 7.76. The van der Waals surface area contributed by atoms with Gasteiger partial charge in [0.05, 0.1) is 18.9 Å². The molecule has 0 aromatic heterocycles. The summed E-state index contributed by atoms with van der Waals surface area (Å²) in [7, 11) is 0. The molecular formula is C27H24N2. The van der Waals surface area contributed by atoms with Crippen LogP contribution in [0.1, 0.15) is 11.1 Å². The summed E-state index contributed by atoms with van der Waals surface area (Å²) in [5, 5.41) is 2.59. The molecule has 5 rings (SSSR count). The van der Waals surface area contributed by atoms with Gasteiger partial charge in [-0.05, 0) is 45.5 Å². The van der Waals surface area contributed by atoms with Crippen molar-refractivity contribution >= 4 is 17.1 Å². The molecule has 0 aliphatic carbocycles. The fourth-order valence-electron chi connectivity index (χ4n) is 4.11. The van der Waals surface area contributed by atoms with Gasteiger partial charge in [0.2, 0.25) is 0 Å². The van der Waals surface area contributed by atoms with E-state index in [1.54, 1.807) is 0 Å². The lowest BCUT2D eigenvalue weighted by Gasteiger charge is -2.24. The topological polar surface area (TPSA) is 15.6 Å². The number of aliphatic imine (C=N–C) groups is 1. The summed E-state index contributed by atoms with van der Waals surface area (Å²) in [5.74, 6) is 0. The van der Waals surface area contributed by atoms with E-state index in [1.165, 1.54) is 33.0 Å². The molecule has 0 spiro atoms. The van der Waals surface area contributed by atoms with Crippen molar-refractivity contribution in [1.29, 1.82) is 0 Å². The minimum absolute atomic E-state index is 0.420. The van der Waals surface area contributed by atoms with Crippen molar-refractivity contribution in [3.8, 4) is 11.1 Å². The first kappa shape index (κ1) is 17.7. The Hall–Kier alpha value is -3.39. The average molecular weight is 377 g/mol. The monoisotopic (exact) mass is 376 g/mol. The molecule has 0 saturated carbocycles. The molecule has 0 amide bonds. The Balaban J connectivity index is 1.28. The summed E-state index contributed by atoms with van der Waals surface area (Å²) < 4.78 is 0. The van der Waals surface area contributed by atoms with Gasteiger partial charge in [-0.15, -0.1) is 0 Å². The van der Waals surface area contributed by atoms with E-state index in [-0.39, 0.29) is 0 Å². The molecule has 2 heteroatoms. The Morgan fingerprint density at radius 1 is 0.690 bits per heavy atom. The van der Waals surface area contributed by atoms with Gasteiger partial charge in [-0.3, -0.25) is 4.99 Å². The fourth-order valence-corrected chi connectivity index (χ4v) is 4.11. The highest BCUT2D eigenvalue weighted by molar-refractivity contribution is 5.83. The summed E-state index contributed by atoms with van der Waals surface area (Å²) in [6.07, 6.45) is 3.04. The third-order valence-electron chi connectivity index (χ3n) is 5.73. The van der Waals surface area contributed by atoms with Gasteiger partial charge in [-0.1, -0.05) is 91.0 Å². The summed E-state index contributed by atoms with van der Waals surface area (Å²) in [4.78, 5) is 6.95. The van der Waals surface area contributed by atoms with Gasteiger partial charge in [0.25, 0.3) is 0 Å². The molecule has 1 aliphatic heterocycles. The Morgan fingerprint density at radius 3 is 2.21 bits per heavy atom. The SMILES string of the molecule is C1=NCC(Cc2ccc(-c3ccccc3)cc2)N1Cc1ccc2ccccc2c1. The minimum atomic E-state index is 0.420. The lowest BCUT2D eigenvalue weighted by molar-refractivity contribution is 0.341. The van der Waals surface area contributed by atoms with Crippen LogP contribution in [0.3, 0.4) is 0 Å². The van der Waals surface area contributed by atoms with Crippen LogP contribution >= 0.6 is 0 Å². The molecule has 4 aromatic carbocycles. The maximum absolute atomic E-state index is 4.57.